The van der Waals surface area contributed by atoms with Gasteiger partial charge in [-0.3, -0.25) is 0 Å². The number of hydrogen-bond donors (Lipinski definition) is 1. The van der Waals surface area contributed by atoms with E-state index < -0.39 is 15.8 Å². The topological polar surface area (TPSA) is 62.3 Å². The number of aromatic amines is 1. The zero-order valence-electron chi connectivity index (χ0n) is 11.6. The van der Waals surface area contributed by atoms with Gasteiger partial charge in [0.2, 0.25) is 0 Å². The maximum Gasteiger partial charge on any atom is 0.283 e. The first kappa shape index (κ1) is 13.2. The van der Waals surface area contributed by atoms with Crippen molar-refractivity contribution in [2.75, 3.05) is 0 Å². The summed E-state index contributed by atoms with van der Waals surface area (Å²) in [6.07, 6.45) is 0. The summed E-state index contributed by atoms with van der Waals surface area (Å²) in [7, 11) is -3.85. The second-order valence-corrected chi connectivity index (χ2v) is 6.80. The number of benzene rings is 2. The number of rotatable bonds is 1. The van der Waals surface area contributed by atoms with Gasteiger partial charge in [0, 0.05) is 27.7 Å². The Bertz CT molecular complexity index is 1060. The molecule has 0 unspecified atom stereocenters. The van der Waals surface area contributed by atoms with Gasteiger partial charge in [0.15, 0.2) is 0 Å². The van der Waals surface area contributed by atoms with Crippen LogP contribution in [0.5, 0.6) is 0 Å². The number of para-hydroxylation sites is 1. The first-order chi connectivity index (χ1) is 10.5. The van der Waals surface area contributed by atoms with Crippen LogP contribution in [0.25, 0.3) is 10.9 Å². The Labute approximate surface area is 126 Å². The molecular formula is C16H11FN2O2S. The van der Waals surface area contributed by atoms with Gasteiger partial charge in [0.05, 0.1) is 5.71 Å². The third kappa shape index (κ3) is 1.74. The van der Waals surface area contributed by atoms with E-state index in [0.717, 1.165) is 28.2 Å². The van der Waals surface area contributed by atoms with Crippen LogP contribution in [0.2, 0.25) is 0 Å². The van der Waals surface area contributed by atoms with E-state index in [1.54, 1.807) is 0 Å². The summed E-state index contributed by atoms with van der Waals surface area (Å²) in [5.41, 5.74) is 3.28. The molecular weight excluding hydrogens is 303 g/mol. The molecule has 0 amide bonds. The van der Waals surface area contributed by atoms with Crippen LogP contribution >= 0.6 is 0 Å². The second kappa shape index (κ2) is 4.27. The molecule has 0 saturated carbocycles. The van der Waals surface area contributed by atoms with Gasteiger partial charge in [0.1, 0.15) is 10.7 Å². The summed E-state index contributed by atoms with van der Waals surface area (Å²) in [6, 6.07) is 11.3. The van der Waals surface area contributed by atoms with Crippen molar-refractivity contribution >= 4 is 26.6 Å². The zero-order valence-corrected chi connectivity index (χ0v) is 12.4. The number of aryl methyl sites for hydroxylation is 1. The standard InChI is InChI=1S/C16H11FN2O2S/c1-9-15(11-4-2-3-5-13(11)18-9)16-12-7-6-10(17)8-14(12)22(20,21)19-16/h2-8,18H,1H3. The number of nitrogens with zero attached hydrogens (tertiary/aromatic N) is 1. The summed E-state index contributed by atoms with van der Waals surface area (Å²) in [5.74, 6) is -0.588. The smallest absolute Gasteiger partial charge is 0.283 e. The Kier molecular flexibility index (Phi) is 2.56. The van der Waals surface area contributed by atoms with Crippen molar-refractivity contribution in [2.45, 2.75) is 11.8 Å². The molecule has 0 bridgehead atoms. The van der Waals surface area contributed by atoms with E-state index in [1.807, 2.05) is 31.2 Å². The largest absolute Gasteiger partial charge is 0.358 e. The molecule has 22 heavy (non-hydrogen) atoms. The fraction of sp³-hybridized carbons (Fsp3) is 0.0625. The number of hydrogen-bond acceptors (Lipinski definition) is 2. The monoisotopic (exact) mass is 314 g/mol. The molecule has 1 N–H and O–H groups in total. The molecule has 1 aromatic heterocycles. The summed E-state index contributed by atoms with van der Waals surface area (Å²) < 4.78 is 41.7. The number of sulfonamides is 1. The van der Waals surface area contributed by atoms with Crippen LogP contribution in [0.15, 0.2) is 51.8 Å². The van der Waals surface area contributed by atoms with E-state index in [1.165, 1.54) is 12.1 Å². The lowest BCUT2D eigenvalue weighted by molar-refractivity contribution is 0.594. The quantitative estimate of drug-likeness (QED) is 0.750. The van der Waals surface area contributed by atoms with E-state index in [2.05, 4.69) is 9.38 Å². The number of nitrogens with one attached hydrogen (secondary N) is 1. The average Bonchev–Trinajstić information content (AvgIpc) is 2.92. The molecule has 0 saturated heterocycles. The van der Waals surface area contributed by atoms with Gasteiger partial charge in [0.25, 0.3) is 10.0 Å². The number of H-pyrrole nitrogens is 1. The fourth-order valence-electron chi connectivity index (χ4n) is 2.89. The van der Waals surface area contributed by atoms with Crippen molar-refractivity contribution < 1.29 is 12.8 Å². The van der Waals surface area contributed by atoms with Crippen molar-refractivity contribution in [1.82, 2.24) is 4.98 Å². The molecule has 2 aromatic carbocycles. The van der Waals surface area contributed by atoms with Crippen molar-refractivity contribution in [3.05, 3.63) is 65.1 Å². The molecule has 4 rings (SSSR count). The molecule has 4 nitrogen and oxygen atoms in total. The van der Waals surface area contributed by atoms with Gasteiger partial charge >= 0.3 is 0 Å². The highest BCUT2D eigenvalue weighted by Crippen LogP contribution is 2.33. The highest BCUT2D eigenvalue weighted by molar-refractivity contribution is 7.90. The minimum atomic E-state index is -3.85. The third-order valence-electron chi connectivity index (χ3n) is 3.82. The summed E-state index contributed by atoms with van der Waals surface area (Å²) in [6.45, 7) is 1.87. The second-order valence-electron chi connectivity index (χ2n) is 5.23. The van der Waals surface area contributed by atoms with Crippen LogP contribution < -0.4 is 0 Å². The van der Waals surface area contributed by atoms with Crippen molar-refractivity contribution in [3.63, 3.8) is 0 Å². The molecule has 2 heterocycles. The Morgan fingerprint density at radius 2 is 1.91 bits per heavy atom. The van der Waals surface area contributed by atoms with Crippen LogP contribution in [-0.2, 0) is 10.0 Å². The lowest BCUT2D eigenvalue weighted by Crippen LogP contribution is -2.02. The van der Waals surface area contributed by atoms with Gasteiger partial charge in [-0.25, -0.2) is 4.39 Å². The van der Waals surface area contributed by atoms with Gasteiger partial charge in [-0.15, -0.1) is 0 Å². The van der Waals surface area contributed by atoms with Crippen LogP contribution in [0.4, 0.5) is 4.39 Å². The molecule has 0 radical (unpaired) electrons. The predicted molar refractivity (Wildman–Crippen MR) is 82.3 cm³/mol. The van der Waals surface area contributed by atoms with Gasteiger partial charge in [-0.1, -0.05) is 18.2 Å². The van der Waals surface area contributed by atoms with E-state index in [0.29, 0.717) is 11.3 Å². The van der Waals surface area contributed by atoms with Crippen LogP contribution in [0.3, 0.4) is 0 Å². The Morgan fingerprint density at radius 1 is 1.14 bits per heavy atom. The minimum Gasteiger partial charge on any atom is -0.358 e. The van der Waals surface area contributed by atoms with E-state index >= 15 is 0 Å². The number of aromatic nitrogens is 1. The van der Waals surface area contributed by atoms with E-state index in [-0.39, 0.29) is 4.90 Å². The summed E-state index contributed by atoms with van der Waals surface area (Å²) >= 11 is 0. The fourth-order valence-corrected chi connectivity index (χ4v) is 4.12. The summed E-state index contributed by atoms with van der Waals surface area (Å²) in [4.78, 5) is 3.15. The van der Waals surface area contributed by atoms with Crippen LogP contribution in [-0.4, -0.2) is 19.1 Å². The Hall–Kier alpha value is -2.47. The maximum atomic E-state index is 13.4. The zero-order chi connectivity index (χ0) is 15.5. The first-order valence-electron chi connectivity index (χ1n) is 6.70. The average molecular weight is 314 g/mol. The normalized spacial score (nSPS) is 15.8. The van der Waals surface area contributed by atoms with Crippen LogP contribution in [0.1, 0.15) is 16.8 Å². The molecule has 110 valence electrons. The molecule has 3 aromatic rings. The third-order valence-corrected chi connectivity index (χ3v) is 5.14. The van der Waals surface area contributed by atoms with E-state index in [9.17, 15) is 12.8 Å². The lowest BCUT2D eigenvalue weighted by atomic mass is 9.99. The van der Waals surface area contributed by atoms with Gasteiger partial charge in [-0.05, 0) is 31.2 Å². The maximum absolute atomic E-state index is 13.4. The molecule has 0 aliphatic carbocycles. The van der Waals surface area contributed by atoms with Crippen LogP contribution in [0, 0.1) is 12.7 Å². The predicted octanol–water partition coefficient (Wildman–Crippen LogP) is 3.16. The van der Waals surface area contributed by atoms with Crippen molar-refractivity contribution in [1.29, 1.82) is 0 Å². The SMILES string of the molecule is Cc1[nH]c2ccccc2c1C1=NS(=O)(=O)c2cc(F)ccc21. The van der Waals surface area contributed by atoms with Crippen molar-refractivity contribution in [3.8, 4) is 0 Å². The highest BCUT2D eigenvalue weighted by atomic mass is 32.2. The van der Waals surface area contributed by atoms with Crippen molar-refractivity contribution in [2.24, 2.45) is 4.40 Å². The molecule has 0 spiro atoms. The molecule has 1 aliphatic rings. The van der Waals surface area contributed by atoms with Gasteiger partial charge in [-0.2, -0.15) is 12.8 Å². The Balaban J connectivity index is 2.08. The minimum absolute atomic E-state index is 0.0767. The first-order valence-corrected chi connectivity index (χ1v) is 8.14. The number of halogens is 1. The van der Waals surface area contributed by atoms with Gasteiger partial charge < -0.3 is 4.98 Å². The Morgan fingerprint density at radius 3 is 2.73 bits per heavy atom. The number of fused-ring (bicyclic) bond motifs is 2. The molecule has 0 atom stereocenters. The van der Waals surface area contributed by atoms with E-state index in [4.69, 9.17) is 0 Å². The molecule has 1 aliphatic heterocycles. The highest BCUT2D eigenvalue weighted by Gasteiger charge is 2.32. The molecule has 0 fully saturated rings. The molecule has 6 heteroatoms. The lowest BCUT2D eigenvalue weighted by Gasteiger charge is -2.03. The summed E-state index contributed by atoms with van der Waals surface area (Å²) in [5, 5.41) is 0.895.